The molecule has 0 saturated carbocycles. The second-order valence-corrected chi connectivity index (χ2v) is 7.43. The monoisotopic (exact) mass is 365 g/mol. The van der Waals surface area contributed by atoms with E-state index in [-0.39, 0.29) is 18.0 Å². The topological polar surface area (TPSA) is 39.7 Å². The van der Waals surface area contributed by atoms with E-state index in [2.05, 4.69) is 23.5 Å². The molecule has 1 saturated heterocycles. The van der Waals surface area contributed by atoms with Crippen molar-refractivity contribution < 1.29 is 14.2 Å². The third-order valence-corrected chi connectivity index (χ3v) is 6.45. The number of halogens is 1. The van der Waals surface area contributed by atoms with Gasteiger partial charge in [-0.05, 0) is 67.7 Å². The Kier molecular flexibility index (Phi) is 4.21. The number of hydrogen-bond acceptors (Lipinski definition) is 5. The van der Waals surface area contributed by atoms with Gasteiger partial charge in [0.1, 0.15) is 5.60 Å². The van der Waals surface area contributed by atoms with Crippen LogP contribution in [-0.2, 0) is 16.8 Å². The lowest BCUT2D eigenvalue weighted by Gasteiger charge is -2.40. The first-order valence-corrected chi connectivity index (χ1v) is 9.04. The van der Waals surface area contributed by atoms with Crippen molar-refractivity contribution >= 4 is 23.7 Å². The Morgan fingerprint density at radius 3 is 2.75 bits per heavy atom. The SMILES string of the molecule is Cl.c1cc2c(cc1-c1cc3c(s1)C1(CCNCC1)OCC3)OCO2. The molecule has 3 aliphatic heterocycles. The third-order valence-electron chi connectivity index (χ3n) is 5.04. The van der Waals surface area contributed by atoms with Crippen molar-refractivity contribution in [2.24, 2.45) is 0 Å². The standard InChI is InChI=1S/C18H19NO3S.ClH/c1-2-14-15(21-11-20-14)9-12(1)16-10-13-3-8-22-18(17(13)23-16)4-6-19-7-5-18;/h1-2,9-10,19H,3-8,11H2;1H. The minimum atomic E-state index is -0.0575. The van der Waals surface area contributed by atoms with Crippen LogP contribution in [0.2, 0.25) is 0 Å². The molecule has 4 heterocycles. The van der Waals surface area contributed by atoms with Gasteiger partial charge in [-0.3, -0.25) is 0 Å². The van der Waals surface area contributed by atoms with Crippen LogP contribution < -0.4 is 14.8 Å². The number of fused-ring (bicyclic) bond motifs is 3. The highest BCUT2D eigenvalue weighted by Gasteiger charge is 2.40. The van der Waals surface area contributed by atoms with Gasteiger partial charge in [0.25, 0.3) is 0 Å². The lowest BCUT2D eigenvalue weighted by molar-refractivity contribution is -0.0771. The quantitative estimate of drug-likeness (QED) is 0.836. The van der Waals surface area contributed by atoms with E-state index in [0.717, 1.165) is 50.5 Å². The highest BCUT2D eigenvalue weighted by atomic mass is 35.5. The summed E-state index contributed by atoms with van der Waals surface area (Å²) in [7, 11) is 0. The van der Waals surface area contributed by atoms with E-state index >= 15 is 0 Å². The Morgan fingerprint density at radius 1 is 1.04 bits per heavy atom. The number of hydrogen-bond donors (Lipinski definition) is 1. The number of thiophene rings is 1. The highest BCUT2D eigenvalue weighted by Crippen LogP contribution is 2.47. The van der Waals surface area contributed by atoms with Gasteiger partial charge in [-0.2, -0.15) is 0 Å². The average molecular weight is 366 g/mol. The van der Waals surface area contributed by atoms with Gasteiger partial charge in [0.05, 0.1) is 6.61 Å². The molecule has 1 aromatic carbocycles. The zero-order valence-corrected chi connectivity index (χ0v) is 14.9. The van der Waals surface area contributed by atoms with E-state index in [4.69, 9.17) is 14.2 Å². The van der Waals surface area contributed by atoms with Gasteiger partial charge in [-0.15, -0.1) is 23.7 Å². The van der Waals surface area contributed by atoms with Crippen LogP contribution in [0.15, 0.2) is 24.3 Å². The summed E-state index contributed by atoms with van der Waals surface area (Å²) in [6.45, 7) is 3.24. The van der Waals surface area contributed by atoms with Crippen LogP contribution >= 0.6 is 23.7 Å². The predicted molar refractivity (Wildman–Crippen MR) is 96.6 cm³/mol. The first-order chi connectivity index (χ1) is 11.3. The molecule has 128 valence electrons. The number of rotatable bonds is 1. The second-order valence-electron chi connectivity index (χ2n) is 6.38. The molecular weight excluding hydrogens is 346 g/mol. The van der Waals surface area contributed by atoms with Crippen LogP contribution in [0.25, 0.3) is 10.4 Å². The first kappa shape index (κ1) is 16.2. The van der Waals surface area contributed by atoms with Crippen molar-refractivity contribution in [2.75, 3.05) is 26.5 Å². The Labute approximate surface area is 151 Å². The van der Waals surface area contributed by atoms with E-state index in [0.29, 0.717) is 6.79 Å². The lowest BCUT2D eigenvalue weighted by atomic mass is 9.86. The molecule has 3 aliphatic rings. The second kappa shape index (κ2) is 6.23. The Balaban J connectivity index is 0.00000146. The first-order valence-electron chi connectivity index (χ1n) is 8.22. The molecule has 0 aliphatic carbocycles. The van der Waals surface area contributed by atoms with Gasteiger partial charge in [0.2, 0.25) is 6.79 Å². The molecule has 1 fully saturated rings. The van der Waals surface area contributed by atoms with Crippen LogP contribution in [-0.4, -0.2) is 26.5 Å². The fraction of sp³-hybridized carbons (Fsp3) is 0.444. The molecule has 0 bridgehead atoms. The maximum Gasteiger partial charge on any atom is 0.231 e. The molecule has 2 aromatic rings. The maximum absolute atomic E-state index is 6.28. The summed E-state index contributed by atoms with van der Waals surface area (Å²) in [5, 5.41) is 3.45. The molecular formula is C18H20ClNO3S. The van der Waals surface area contributed by atoms with Crippen molar-refractivity contribution in [3.63, 3.8) is 0 Å². The zero-order valence-electron chi connectivity index (χ0n) is 13.3. The summed E-state index contributed by atoms with van der Waals surface area (Å²) in [5.74, 6) is 1.69. The van der Waals surface area contributed by atoms with E-state index in [1.165, 1.54) is 20.9 Å². The van der Waals surface area contributed by atoms with E-state index < -0.39 is 0 Å². The summed E-state index contributed by atoms with van der Waals surface area (Å²) >= 11 is 1.89. The molecule has 6 heteroatoms. The van der Waals surface area contributed by atoms with Gasteiger partial charge in [-0.25, -0.2) is 0 Å². The Morgan fingerprint density at radius 2 is 1.88 bits per heavy atom. The molecule has 1 aromatic heterocycles. The normalized spacial score (nSPS) is 20.5. The van der Waals surface area contributed by atoms with E-state index in [1.54, 1.807) is 0 Å². The molecule has 4 nitrogen and oxygen atoms in total. The van der Waals surface area contributed by atoms with Crippen molar-refractivity contribution in [1.82, 2.24) is 5.32 Å². The van der Waals surface area contributed by atoms with Gasteiger partial charge < -0.3 is 19.5 Å². The summed E-state index contributed by atoms with van der Waals surface area (Å²) in [6.07, 6.45) is 3.16. The van der Waals surface area contributed by atoms with Crippen molar-refractivity contribution in [3.8, 4) is 21.9 Å². The predicted octanol–water partition coefficient (Wildman–Crippen LogP) is 3.72. The zero-order chi connectivity index (χ0) is 15.3. The van der Waals surface area contributed by atoms with Crippen molar-refractivity contribution in [2.45, 2.75) is 24.9 Å². The highest BCUT2D eigenvalue weighted by molar-refractivity contribution is 7.15. The fourth-order valence-electron chi connectivity index (χ4n) is 3.82. The largest absolute Gasteiger partial charge is 0.454 e. The molecule has 0 amide bonds. The van der Waals surface area contributed by atoms with Crippen LogP contribution in [0.4, 0.5) is 0 Å². The molecule has 0 unspecified atom stereocenters. The smallest absolute Gasteiger partial charge is 0.231 e. The molecule has 24 heavy (non-hydrogen) atoms. The number of ether oxygens (including phenoxy) is 3. The molecule has 1 spiro atoms. The summed E-state index contributed by atoms with van der Waals surface area (Å²) in [6, 6.07) is 8.58. The van der Waals surface area contributed by atoms with Crippen LogP contribution in [0, 0.1) is 0 Å². The van der Waals surface area contributed by atoms with Crippen molar-refractivity contribution in [3.05, 3.63) is 34.7 Å². The Hall–Kier alpha value is -1.27. The molecule has 0 atom stereocenters. The minimum absolute atomic E-state index is 0. The lowest BCUT2D eigenvalue weighted by Crippen LogP contribution is -2.43. The van der Waals surface area contributed by atoms with E-state index in [9.17, 15) is 0 Å². The Bertz CT molecular complexity index is 755. The maximum atomic E-state index is 6.28. The number of benzene rings is 1. The number of nitrogens with one attached hydrogen (secondary N) is 1. The minimum Gasteiger partial charge on any atom is -0.454 e. The summed E-state index contributed by atoms with van der Waals surface area (Å²) < 4.78 is 17.2. The van der Waals surface area contributed by atoms with E-state index in [1.807, 2.05) is 17.4 Å². The molecule has 0 radical (unpaired) electrons. The van der Waals surface area contributed by atoms with Crippen LogP contribution in [0.3, 0.4) is 0 Å². The summed E-state index contributed by atoms with van der Waals surface area (Å²) in [4.78, 5) is 2.75. The van der Waals surface area contributed by atoms with Crippen molar-refractivity contribution in [1.29, 1.82) is 0 Å². The van der Waals surface area contributed by atoms with Crippen LogP contribution in [0.1, 0.15) is 23.3 Å². The van der Waals surface area contributed by atoms with Crippen LogP contribution in [0.5, 0.6) is 11.5 Å². The number of piperidine rings is 1. The molecule has 1 N–H and O–H groups in total. The van der Waals surface area contributed by atoms with Gasteiger partial charge in [0, 0.05) is 9.75 Å². The van der Waals surface area contributed by atoms with Gasteiger partial charge >= 0.3 is 0 Å². The fourth-order valence-corrected chi connectivity index (χ4v) is 5.22. The average Bonchev–Trinajstić information content (AvgIpc) is 3.22. The summed E-state index contributed by atoms with van der Waals surface area (Å²) in [5.41, 5.74) is 2.62. The van der Waals surface area contributed by atoms with Gasteiger partial charge in [0.15, 0.2) is 11.5 Å². The third kappa shape index (κ3) is 2.51. The molecule has 5 rings (SSSR count). The van der Waals surface area contributed by atoms with Gasteiger partial charge in [-0.1, -0.05) is 0 Å².